The number of carbonyl (C=O) groups excluding carboxylic acids is 2. The molecule has 8 heteroatoms. The van der Waals surface area contributed by atoms with Gasteiger partial charge in [-0.2, -0.15) is 5.26 Å². The number of hydrogen-bond acceptors (Lipinski definition) is 7. The lowest BCUT2D eigenvalue weighted by Gasteiger charge is -2.28. The van der Waals surface area contributed by atoms with Crippen LogP contribution >= 0.6 is 0 Å². The van der Waals surface area contributed by atoms with Crippen LogP contribution in [0.2, 0.25) is 0 Å². The van der Waals surface area contributed by atoms with Crippen LogP contribution in [0.1, 0.15) is 48.6 Å². The third kappa shape index (κ3) is 6.74. The van der Waals surface area contributed by atoms with Crippen molar-refractivity contribution in [3.8, 4) is 11.8 Å². The number of anilines is 1. The Hall–Kier alpha value is -3.57. The number of nitrogens with one attached hydrogen (secondary N) is 1. The average molecular weight is 480 g/mol. The van der Waals surface area contributed by atoms with Crippen molar-refractivity contribution in [2.75, 3.05) is 45.3 Å². The van der Waals surface area contributed by atoms with Crippen LogP contribution in [0.15, 0.2) is 36.4 Å². The number of morpholine rings is 1. The van der Waals surface area contributed by atoms with Gasteiger partial charge >= 0.3 is 5.97 Å². The highest BCUT2D eigenvalue weighted by Gasteiger charge is 2.28. The summed E-state index contributed by atoms with van der Waals surface area (Å²) in [6.07, 6.45) is 2.40. The smallest absolute Gasteiger partial charge is 0.333 e. The van der Waals surface area contributed by atoms with Crippen LogP contribution in [0.3, 0.4) is 0 Å². The molecule has 0 saturated carbocycles. The second kappa shape index (κ2) is 12.8. The van der Waals surface area contributed by atoms with E-state index in [1.165, 1.54) is 7.11 Å². The first-order chi connectivity index (χ1) is 17.0. The Bertz CT molecular complexity index is 1060. The molecule has 1 aliphatic rings. The summed E-state index contributed by atoms with van der Waals surface area (Å²) in [4.78, 5) is 27.5. The maximum Gasteiger partial charge on any atom is 0.333 e. The number of rotatable bonds is 10. The van der Waals surface area contributed by atoms with Crippen molar-refractivity contribution in [3.63, 3.8) is 0 Å². The third-order valence-corrected chi connectivity index (χ3v) is 5.96. The first kappa shape index (κ1) is 26.0. The molecule has 0 aliphatic carbocycles. The van der Waals surface area contributed by atoms with Crippen LogP contribution in [-0.4, -0.2) is 56.8 Å². The molecule has 1 heterocycles. The summed E-state index contributed by atoms with van der Waals surface area (Å²) in [7, 11) is 1.34. The molecule has 1 amide bonds. The molecule has 2 aromatic carbocycles. The minimum atomic E-state index is -0.858. The molecule has 0 bridgehead atoms. The van der Waals surface area contributed by atoms with E-state index in [0.717, 1.165) is 30.4 Å². The number of esters is 1. The molecule has 35 heavy (non-hydrogen) atoms. The van der Waals surface area contributed by atoms with Crippen molar-refractivity contribution in [2.24, 2.45) is 0 Å². The molecular formula is C27H33N3O5. The molecule has 0 aromatic heterocycles. The third-order valence-electron chi connectivity index (χ3n) is 5.96. The van der Waals surface area contributed by atoms with E-state index in [9.17, 15) is 9.59 Å². The number of ether oxygens (including phenoxy) is 3. The Morgan fingerprint density at radius 2 is 1.89 bits per heavy atom. The van der Waals surface area contributed by atoms with Gasteiger partial charge in [0.25, 0.3) is 5.91 Å². The molecule has 1 N–H and O–H groups in total. The van der Waals surface area contributed by atoms with Crippen molar-refractivity contribution < 1.29 is 23.8 Å². The van der Waals surface area contributed by atoms with Crippen molar-refractivity contribution >= 4 is 17.6 Å². The summed E-state index contributed by atoms with van der Waals surface area (Å²) in [5.74, 6) is -0.0624. The van der Waals surface area contributed by atoms with Gasteiger partial charge in [0.15, 0.2) is 12.6 Å². The van der Waals surface area contributed by atoms with Gasteiger partial charge < -0.3 is 24.4 Å². The molecule has 1 atom stereocenters. The highest BCUT2D eigenvalue weighted by atomic mass is 16.5. The Kier molecular flexibility index (Phi) is 9.50. The number of hydrogen-bond donors (Lipinski definition) is 1. The Balaban J connectivity index is 1.98. The van der Waals surface area contributed by atoms with Gasteiger partial charge in [-0.15, -0.1) is 0 Å². The number of aryl methyl sites for hydroxylation is 2. The molecule has 0 spiro atoms. The molecule has 2 aromatic rings. The summed E-state index contributed by atoms with van der Waals surface area (Å²) in [6, 6.07) is 12.1. The highest BCUT2D eigenvalue weighted by molar-refractivity contribution is 5.83. The van der Waals surface area contributed by atoms with Crippen LogP contribution in [0.4, 0.5) is 5.69 Å². The van der Waals surface area contributed by atoms with E-state index in [2.05, 4.69) is 31.3 Å². The molecular weight excluding hydrogens is 446 g/mol. The summed E-state index contributed by atoms with van der Waals surface area (Å²) >= 11 is 0. The van der Waals surface area contributed by atoms with Gasteiger partial charge in [0.1, 0.15) is 5.75 Å². The highest BCUT2D eigenvalue weighted by Crippen LogP contribution is 2.35. The fourth-order valence-corrected chi connectivity index (χ4v) is 4.06. The summed E-state index contributed by atoms with van der Waals surface area (Å²) in [6.45, 7) is 6.12. The first-order valence-electron chi connectivity index (χ1n) is 12.0. The number of nitriles is 1. The predicted molar refractivity (Wildman–Crippen MR) is 132 cm³/mol. The quantitative estimate of drug-likeness (QED) is 0.519. The second-order valence-corrected chi connectivity index (χ2v) is 8.35. The Labute approximate surface area is 206 Å². The van der Waals surface area contributed by atoms with Crippen LogP contribution in [0.5, 0.6) is 5.75 Å². The van der Waals surface area contributed by atoms with Crippen LogP contribution in [-0.2, 0) is 31.9 Å². The summed E-state index contributed by atoms with van der Waals surface area (Å²) in [5.41, 5.74) is 3.82. The number of methoxy groups -OCH3 is 1. The van der Waals surface area contributed by atoms with Gasteiger partial charge in [0, 0.05) is 24.3 Å². The Morgan fingerprint density at radius 3 is 2.49 bits per heavy atom. The lowest BCUT2D eigenvalue weighted by Crippen LogP contribution is -2.43. The maximum absolute atomic E-state index is 13.0. The van der Waals surface area contributed by atoms with Crippen molar-refractivity contribution in [1.82, 2.24) is 4.90 Å². The number of nitrogens with zero attached hydrogens (tertiary/aromatic N) is 2. The zero-order chi connectivity index (χ0) is 25.2. The topological polar surface area (TPSA) is 101 Å². The lowest BCUT2D eigenvalue weighted by atomic mass is 9.95. The summed E-state index contributed by atoms with van der Waals surface area (Å²) < 4.78 is 16.6. The zero-order valence-corrected chi connectivity index (χ0v) is 20.6. The normalized spacial score (nSPS) is 14.1. The summed E-state index contributed by atoms with van der Waals surface area (Å²) in [5, 5.41) is 12.3. The van der Waals surface area contributed by atoms with Gasteiger partial charge in [0.05, 0.1) is 32.0 Å². The molecule has 8 nitrogen and oxygen atoms in total. The van der Waals surface area contributed by atoms with E-state index in [1.54, 1.807) is 29.2 Å². The molecule has 0 radical (unpaired) electrons. The van der Waals surface area contributed by atoms with Gasteiger partial charge in [0.2, 0.25) is 0 Å². The monoisotopic (exact) mass is 479 g/mol. The van der Waals surface area contributed by atoms with Crippen LogP contribution < -0.4 is 10.1 Å². The largest absolute Gasteiger partial charge is 0.483 e. The van der Waals surface area contributed by atoms with Gasteiger partial charge in [-0.3, -0.25) is 4.79 Å². The van der Waals surface area contributed by atoms with Gasteiger partial charge in [-0.05, 0) is 54.3 Å². The zero-order valence-electron chi connectivity index (χ0n) is 20.6. The van der Waals surface area contributed by atoms with Crippen LogP contribution in [0.25, 0.3) is 0 Å². The molecule has 1 saturated heterocycles. The minimum Gasteiger partial charge on any atom is -0.483 e. The second-order valence-electron chi connectivity index (χ2n) is 8.35. The number of carbonyl (C=O) groups is 2. The van der Waals surface area contributed by atoms with E-state index >= 15 is 0 Å². The average Bonchev–Trinajstić information content (AvgIpc) is 2.91. The SMILES string of the molecule is CCCc1cc(CC)cc(C(Nc2ccc(C#N)cc2)C(=O)OC)c1OCC(=O)N1CCOCC1. The molecule has 3 rings (SSSR count). The Morgan fingerprint density at radius 1 is 1.17 bits per heavy atom. The van der Waals surface area contributed by atoms with Crippen LogP contribution in [0, 0.1) is 11.3 Å². The van der Waals surface area contributed by atoms with Crippen molar-refractivity contribution in [2.45, 2.75) is 39.2 Å². The van der Waals surface area contributed by atoms with Crippen molar-refractivity contribution in [1.29, 1.82) is 5.26 Å². The van der Waals surface area contributed by atoms with E-state index in [1.807, 2.05) is 6.07 Å². The van der Waals surface area contributed by atoms with E-state index in [4.69, 9.17) is 19.5 Å². The molecule has 186 valence electrons. The van der Waals surface area contributed by atoms with Gasteiger partial charge in [-0.25, -0.2) is 4.79 Å². The maximum atomic E-state index is 13.0. The molecule has 1 aliphatic heterocycles. The van der Waals surface area contributed by atoms with E-state index in [-0.39, 0.29) is 12.5 Å². The van der Waals surface area contributed by atoms with Crippen molar-refractivity contribution in [3.05, 3.63) is 58.7 Å². The fraction of sp³-hybridized carbons (Fsp3) is 0.444. The lowest BCUT2D eigenvalue weighted by molar-refractivity contribution is -0.141. The number of benzene rings is 2. The minimum absolute atomic E-state index is 0.115. The first-order valence-corrected chi connectivity index (χ1v) is 12.0. The van der Waals surface area contributed by atoms with Gasteiger partial charge in [-0.1, -0.05) is 26.3 Å². The standard InChI is InChI=1S/C27H33N3O5/c1-4-6-21-15-19(5-2)16-23(26(21)35-18-24(31)30-11-13-34-14-12-30)25(27(32)33-3)29-22-9-7-20(17-28)8-10-22/h7-10,15-16,25,29H,4-6,11-14,18H2,1-3H3. The van der Waals surface area contributed by atoms with E-state index < -0.39 is 12.0 Å². The molecule has 1 fully saturated rings. The fourth-order valence-electron chi connectivity index (χ4n) is 4.06. The van der Waals surface area contributed by atoms with E-state index in [0.29, 0.717) is 48.9 Å². The molecule has 1 unspecified atom stereocenters. The number of amides is 1. The predicted octanol–water partition coefficient (Wildman–Crippen LogP) is 3.64.